The van der Waals surface area contributed by atoms with Crippen molar-refractivity contribution in [2.24, 2.45) is 7.05 Å². The molecular weight excluding hydrogens is 298 g/mol. The summed E-state index contributed by atoms with van der Waals surface area (Å²) in [5.41, 5.74) is 3.11. The molecular formula is C17H22ClN3O. The highest BCUT2D eigenvalue weighted by molar-refractivity contribution is 6.33. The van der Waals surface area contributed by atoms with Gasteiger partial charge in [0.2, 0.25) is 0 Å². The molecule has 1 aromatic carbocycles. The molecule has 4 nitrogen and oxygen atoms in total. The van der Waals surface area contributed by atoms with Gasteiger partial charge >= 0.3 is 0 Å². The second-order valence-electron chi connectivity index (χ2n) is 5.48. The van der Waals surface area contributed by atoms with Crippen LogP contribution in [0.1, 0.15) is 47.8 Å². The topological polar surface area (TPSA) is 46.9 Å². The maximum absolute atomic E-state index is 12.3. The minimum atomic E-state index is -0.227. The molecule has 0 unspecified atom stereocenters. The van der Waals surface area contributed by atoms with E-state index in [1.165, 1.54) is 29.5 Å². The molecule has 2 aromatic rings. The van der Waals surface area contributed by atoms with Crippen molar-refractivity contribution in [2.45, 2.75) is 39.5 Å². The minimum absolute atomic E-state index is 0.227. The molecule has 1 heterocycles. The highest BCUT2D eigenvalue weighted by Crippen LogP contribution is 2.20. The van der Waals surface area contributed by atoms with Crippen LogP contribution in [0, 0.1) is 6.92 Å². The first-order chi connectivity index (χ1) is 10.5. The van der Waals surface area contributed by atoms with Gasteiger partial charge in [0.1, 0.15) is 5.15 Å². The average molecular weight is 320 g/mol. The number of hydrogen-bond acceptors (Lipinski definition) is 2. The molecule has 0 radical (unpaired) electrons. The largest absolute Gasteiger partial charge is 0.322 e. The molecule has 0 fully saturated rings. The number of hydrogen-bond donors (Lipinski definition) is 1. The van der Waals surface area contributed by atoms with Crippen LogP contribution in [0.4, 0.5) is 5.69 Å². The lowest BCUT2D eigenvalue weighted by atomic mass is 10.1. The van der Waals surface area contributed by atoms with Crippen LogP contribution in [0.25, 0.3) is 0 Å². The van der Waals surface area contributed by atoms with Gasteiger partial charge in [0.25, 0.3) is 5.91 Å². The lowest BCUT2D eigenvalue weighted by Gasteiger charge is -2.06. The lowest BCUT2D eigenvalue weighted by molar-refractivity contribution is 0.102. The van der Waals surface area contributed by atoms with Gasteiger partial charge in [0.05, 0.1) is 11.3 Å². The van der Waals surface area contributed by atoms with Crippen LogP contribution >= 0.6 is 11.6 Å². The van der Waals surface area contributed by atoms with Crippen molar-refractivity contribution in [3.05, 3.63) is 46.2 Å². The number of carbonyl (C=O) groups excluding carboxylic acids is 1. The molecule has 0 saturated carbocycles. The van der Waals surface area contributed by atoms with Crippen LogP contribution in [0.3, 0.4) is 0 Å². The van der Waals surface area contributed by atoms with Crippen molar-refractivity contribution in [1.29, 1.82) is 0 Å². The molecule has 2 rings (SSSR count). The number of nitrogens with zero attached hydrogens (tertiary/aromatic N) is 2. The molecule has 1 amide bonds. The first-order valence-electron chi connectivity index (χ1n) is 7.62. The van der Waals surface area contributed by atoms with Crippen LogP contribution in [0.15, 0.2) is 24.3 Å². The normalized spacial score (nSPS) is 10.7. The zero-order valence-electron chi connectivity index (χ0n) is 13.3. The Morgan fingerprint density at radius 3 is 2.50 bits per heavy atom. The Bertz CT molecular complexity index is 647. The molecule has 1 aromatic heterocycles. The molecule has 118 valence electrons. The summed E-state index contributed by atoms with van der Waals surface area (Å²) in [7, 11) is 1.72. The fraction of sp³-hybridized carbons (Fsp3) is 0.412. The Hall–Kier alpha value is -1.81. The van der Waals surface area contributed by atoms with Crippen LogP contribution in [-0.4, -0.2) is 15.7 Å². The Kier molecular flexibility index (Phi) is 5.61. The van der Waals surface area contributed by atoms with E-state index in [0.29, 0.717) is 16.4 Å². The highest BCUT2D eigenvalue weighted by Gasteiger charge is 2.18. The van der Waals surface area contributed by atoms with E-state index >= 15 is 0 Å². The van der Waals surface area contributed by atoms with Crippen molar-refractivity contribution in [1.82, 2.24) is 9.78 Å². The lowest BCUT2D eigenvalue weighted by Crippen LogP contribution is -2.13. The summed E-state index contributed by atoms with van der Waals surface area (Å²) in [4.78, 5) is 12.3. The number of anilines is 1. The molecule has 0 bridgehead atoms. The molecule has 0 atom stereocenters. The summed E-state index contributed by atoms with van der Waals surface area (Å²) in [6.07, 6.45) is 4.75. The van der Waals surface area contributed by atoms with E-state index in [0.717, 1.165) is 12.1 Å². The average Bonchev–Trinajstić information content (AvgIpc) is 2.74. The maximum atomic E-state index is 12.3. The highest BCUT2D eigenvalue weighted by atomic mass is 35.5. The quantitative estimate of drug-likeness (QED) is 0.804. The zero-order chi connectivity index (χ0) is 16.1. The summed E-state index contributed by atoms with van der Waals surface area (Å²) in [5.74, 6) is -0.227. The standard InChI is InChI=1S/C17H22ClN3O/c1-4-5-6-7-13-8-10-14(11-9-13)19-17(22)15-12(2)20-21(3)16(15)18/h8-11H,4-7H2,1-3H3,(H,19,22). The van der Waals surface area contributed by atoms with E-state index < -0.39 is 0 Å². The van der Waals surface area contributed by atoms with E-state index in [1.54, 1.807) is 14.0 Å². The number of rotatable bonds is 6. The second kappa shape index (κ2) is 7.45. The number of aryl methyl sites for hydroxylation is 3. The molecule has 5 heteroatoms. The van der Waals surface area contributed by atoms with E-state index in [9.17, 15) is 4.79 Å². The van der Waals surface area contributed by atoms with Gasteiger partial charge in [0, 0.05) is 12.7 Å². The molecule has 0 aliphatic carbocycles. The van der Waals surface area contributed by atoms with Crippen molar-refractivity contribution >= 4 is 23.2 Å². The molecule has 0 spiro atoms. The van der Waals surface area contributed by atoms with Crippen LogP contribution in [-0.2, 0) is 13.5 Å². The molecule has 0 aliphatic rings. The SMILES string of the molecule is CCCCCc1ccc(NC(=O)c2c(C)nn(C)c2Cl)cc1. The van der Waals surface area contributed by atoms with E-state index in [1.807, 2.05) is 12.1 Å². The number of halogens is 1. The summed E-state index contributed by atoms with van der Waals surface area (Å²) in [5, 5.41) is 7.38. The molecule has 1 N–H and O–H groups in total. The Balaban J connectivity index is 2.02. The van der Waals surface area contributed by atoms with Gasteiger partial charge in [-0.2, -0.15) is 5.10 Å². The van der Waals surface area contributed by atoms with Crippen molar-refractivity contribution < 1.29 is 4.79 Å². The maximum Gasteiger partial charge on any atom is 0.260 e. The Morgan fingerprint density at radius 2 is 1.95 bits per heavy atom. The summed E-state index contributed by atoms with van der Waals surface area (Å²) in [6, 6.07) is 7.98. The molecule has 22 heavy (non-hydrogen) atoms. The molecule has 0 aliphatic heterocycles. The van der Waals surface area contributed by atoms with Gasteiger partial charge in [-0.05, 0) is 37.5 Å². The van der Waals surface area contributed by atoms with Gasteiger partial charge in [-0.1, -0.05) is 43.5 Å². The fourth-order valence-corrected chi connectivity index (χ4v) is 2.68. The van der Waals surface area contributed by atoms with Gasteiger partial charge in [0.15, 0.2) is 0 Å². The summed E-state index contributed by atoms with van der Waals surface area (Å²) in [6.45, 7) is 3.97. The molecule has 0 saturated heterocycles. The van der Waals surface area contributed by atoms with Gasteiger partial charge in [-0.15, -0.1) is 0 Å². The predicted octanol–water partition coefficient (Wildman–Crippen LogP) is 4.37. The minimum Gasteiger partial charge on any atom is -0.322 e. The van der Waals surface area contributed by atoms with Crippen molar-refractivity contribution in [3.63, 3.8) is 0 Å². The first kappa shape index (κ1) is 16.6. The number of amides is 1. The first-order valence-corrected chi connectivity index (χ1v) is 8.00. The van der Waals surface area contributed by atoms with Crippen molar-refractivity contribution in [2.75, 3.05) is 5.32 Å². The van der Waals surface area contributed by atoms with Gasteiger partial charge in [-0.25, -0.2) is 0 Å². The predicted molar refractivity (Wildman–Crippen MR) is 90.6 cm³/mol. The monoisotopic (exact) mass is 319 g/mol. The van der Waals surface area contributed by atoms with Crippen LogP contribution in [0.5, 0.6) is 0 Å². The third-order valence-electron chi connectivity index (χ3n) is 3.66. The van der Waals surface area contributed by atoms with Crippen LogP contribution in [0.2, 0.25) is 5.15 Å². The number of unbranched alkanes of at least 4 members (excludes halogenated alkanes) is 2. The van der Waals surface area contributed by atoms with E-state index in [4.69, 9.17) is 11.6 Å². The number of carbonyl (C=O) groups is 1. The van der Waals surface area contributed by atoms with Gasteiger partial charge < -0.3 is 5.32 Å². The van der Waals surface area contributed by atoms with Crippen molar-refractivity contribution in [3.8, 4) is 0 Å². The number of benzene rings is 1. The summed E-state index contributed by atoms with van der Waals surface area (Å²) >= 11 is 6.11. The summed E-state index contributed by atoms with van der Waals surface area (Å²) < 4.78 is 1.50. The van der Waals surface area contributed by atoms with Crippen LogP contribution < -0.4 is 5.32 Å². The zero-order valence-corrected chi connectivity index (χ0v) is 14.1. The van der Waals surface area contributed by atoms with E-state index in [-0.39, 0.29) is 5.91 Å². The van der Waals surface area contributed by atoms with E-state index in [2.05, 4.69) is 29.5 Å². The van der Waals surface area contributed by atoms with Gasteiger partial charge in [-0.3, -0.25) is 9.48 Å². The number of nitrogens with one attached hydrogen (secondary N) is 1. The smallest absolute Gasteiger partial charge is 0.260 e. The third-order valence-corrected chi connectivity index (χ3v) is 4.09. The number of aromatic nitrogens is 2. The Labute approximate surface area is 136 Å². The fourth-order valence-electron chi connectivity index (χ4n) is 2.42. The third kappa shape index (κ3) is 3.89. The Morgan fingerprint density at radius 1 is 1.27 bits per heavy atom. The second-order valence-corrected chi connectivity index (χ2v) is 5.84.